The third-order valence-corrected chi connectivity index (χ3v) is 7.49. The summed E-state index contributed by atoms with van der Waals surface area (Å²) in [5, 5.41) is 14.8. The molecule has 2 aliphatic heterocycles. The lowest BCUT2D eigenvalue weighted by molar-refractivity contribution is -0.127. The first-order valence-electron chi connectivity index (χ1n) is 11.1. The van der Waals surface area contributed by atoms with Crippen molar-refractivity contribution in [2.45, 2.75) is 55.7 Å². The number of piperidine rings is 1. The molecular weight excluding hydrogens is 376 g/mol. The summed E-state index contributed by atoms with van der Waals surface area (Å²) in [5.74, 6) is 0.138. The zero-order valence-corrected chi connectivity index (χ0v) is 17.3. The zero-order chi connectivity index (χ0) is 20.6. The highest BCUT2D eigenvalue weighted by molar-refractivity contribution is 5.93. The summed E-state index contributed by atoms with van der Waals surface area (Å²) < 4.78 is 0. The summed E-state index contributed by atoms with van der Waals surface area (Å²) in [4.78, 5) is 21.7. The minimum atomic E-state index is -0.844. The summed E-state index contributed by atoms with van der Waals surface area (Å²) in [6.45, 7) is 2.19. The predicted octanol–water partition coefficient (Wildman–Crippen LogP) is 2.64. The Labute approximate surface area is 177 Å². The molecule has 1 amide bonds. The van der Waals surface area contributed by atoms with E-state index < -0.39 is 11.1 Å². The van der Waals surface area contributed by atoms with Gasteiger partial charge < -0.3 is 15.3 Å². The van der Waals surface area contributed by atoms with Gasteiger partial charge in [-0.3, -0.25) is 14.7 Å². The van der Waals surface area contributed by atoms with E-state index in [-0.39, 0.29) is 11.9 Å². The molecule has 0 bridgehead atoms. The van der Waals surface area contributed by atoms with Crippen molar-refractivity contribution >= 4 is 11.6 Å². The van der Waals surface area contributed by atoms with Crippen LogP contribution in [0, 0.1) is 0 Å². The maximum absolute atomic E-state index is 12.9. The maximum Gasteiger partial charge on any atom is 0.247 e. The second-order valence-electron chi connectivity index (χ2n) is 8.92. The van der Waals surface area contributed by atoms with Gasteiger partial charge in [-0.25, -0.2) is 0 Å². The largest absolute Gasteiger partial charge is 0.384 e. The molecule has 2 aromatic rings. The van der Waals surface area contributed by atoms with Crippen LogP contribution in [0.4, 0.5) is 5.69 Å². The standard InChI is InChI=1S/C24H30N4O2/c29-22-23(28(18-26-22)20-6-2-1-3-7-20)12-16-27(17-13-23)21-8-4-5-11-24(21,30)19-9-14-25-15-10-19/h1-3,6-7,9-10,14-15,21,30H,4-5,8,11-13,16-18H2,(H,26,29)/t21-,24+/m1/s1. The van der Waals surface area contributed by atoms with Gasteiger partial charge in [0.25, 0.3) is 0 Å². The fraction of sp³-hybridized carbons (Fsp3) is 0.500. The third-order valence-electron chi connectivity index (χ3n) is 7.49. The molecule has 2 saturated heterocycles. The van der Waals surface area contributed by atoms with E-state index in [2.05, 4.69) is 32.2 Å². The van der Waals surface area contributed by atoms with E-state index in [1.807, 2.05) is 30.3 Å². The number of pyridine rings is 1. The second kappa shape index (κ2) is 7.67. The van der Waals surface area contributed by atoms with Crippen molar-refractivity contribution in [2.24, 2.45) is 0 Å². The summed E-state index contributed by atoms with van der Waals surface area (Å²) in [6.07, 6.45) is 9.02. The lowest BCUT2D eigenvalue weighted by atomic mass is 9.74. The van der Waals surface area contributed by atoms with Gasteiger partial charge in [0.2, 0.25) is 5.91 Å². The van der Waals surface area contributed by atoms with Crippen LogP contribution in [0.25, 0.3) is 0 Å². The van der Waals surface area contributed by atoms with Crippen molar-refractivity contribution in [3.05, 3.63) is 60.4 Å². The van der Waals surface area contributed by atoms with Gasteiger partial charge in [-0.05, 0) is 55.5 Å². The topological polar surface area (TPSA) is 68.7 Å². The monoisotopic (exact) mass is 406 g/mol. The maximum atomic E-state index is 12.9. The van der Waals surface area contributed by atoms with Gasteiger partial charge in [-0.1, -0.05) is 31.0 Å². The molecule has 3 aliphatic rings. The second-order valence-corrected chi connectivity index (χ2v) is 8.92. The highest BCUT2D eigenvalue weighted by Gasteiger charge is 2.53. The van der Waals surface area contributed by atoms with Crippen LogP contribution in [0.2, 0.25) is 0 Å². The van der Waals surface area contributed by atoms with E-state index in [0.29, 0.717) is 6.67 Å². The lowest BCUT2D eigenvalue weighted by Crippen LogP contribution is -2.61. The Morgan fingerprint density at radius 1 is 1.00 bits per heavy atom. The van der Waals surface area contributed by atoms with Crippen molar-refractivity contribution in [1.29, 1.82) is 0 Å². The van der Waals surface area contributed by atoms with E-state index in [0.717, 1.165) is 62.9 Å². The summed E-state index contributed by atoms with van der Waals surface area (Å²) >= 11 is 0. The molecule has 30 heavy (non-hydrogen) atoms. The van der Waals surface area contributed by atoms with Crippen LogP contribution in [0.3, 0.4) is 0 Å². The Morgan fingerprint density at radius 2 is 1.73 bits per heavy atom. The average Bonchev–Trinajstić information content (AvgIpc) is 3.11. The van der Waals surface area contributed by atoms with Crippen molar-refractivity contribution in [3.8, 4) is 0 Å². The Morgan fingerprint density at radius 3 is 2.47 bits per heavy atom. The zero-order valence-electron chi connectivity index (χ0n) is 17.3. The van der Waals surface area contributed by atoms with Crippen molar-refractivity contribution in [1.82, 2.24) is 15.2 Å². The van der Waals surface area contributed by atoms with Gasteiger partial charge >= 0.3 is 0 Å². The Kier molecular flexibility index (Phi) is 4.99. The van der Waals surface area contributed by atoms with Gasteiger partial charge in [0.15, 0.2) is 0 Å². The van der Waals surface area contributed by atoms with Crippen LogP contribution in [-0.4, -0.2) is 52.2 Å². The number of aromatic nitrogens is 1. The molecule has 158 valence electrons. The van der Waals surface area contributed by atoms with E-state index in [9.17, 15) is 9.90 Å². The van der Waals surface area contributed by atoms with Crippen LogP contribution in [0.15, 0.2) is 54.9 Å². The number of para-hydroxylation sites is 1. The quantitative estimate of drug-likeness (QED) is 0.820. The van der Waals surface area contributed by atoms with E-state index in [4.69, 9.17) is 0 Å². The number of nitrogens with one attached hydrogen (secondary N) is 1. The Hall–Kier alpha value is -2.44. The first-order valence-corrected chi connectivity index (χ1v) is 11.1. The number of carbonyl (C=O) groups excluding carboxylic acids is 1. The smallest absolute Gasteiger partial charge is 0.247 e. The summed E-state index contributed by atoms with van der Waals surface area (Å²) in [6, 6.07) is 14.2. The van der Waals surface area contributed by atoms with Gasteiger partial charge in [-0.15, -0.1) is 0 Å². The van der Waals surface area contributed by atoms with Crippen LogP contribution in [0.1, 0.15) is 44.1 Å². The van der Waals surface area contributed by atoms with Crippen molar-refractivity contribution in [2.75, 3.05) is 24.7 Å². The van der Waals surface area contributed by atoms with Gasteiger partial charge in [0.1, 0.15) is 11.1 Å². The molecule has 5 rings (SSSR count). The number of anilines is 1. The number of rotatable bonds is 3. The molecule has 2 atom stereocenters. The molecular formula is C24H30N4O2. The van der Waals surface area contributed by atoms with Crippen LogP contribution in [-0.2, 0) is 10.4 Å². The van der Waals surface area contributed by atoms with Gasteiger partial charge in [-0.2, -0.15) is 0 Å². The van der Waals surface area contributed by atoms with Crippen molar-refractivity contribution < 1.29 is 9.90 Å². The fourth-order valence-corrected chi connectivity index (χ4v) is 5.84. The van der Waals surface area contributed by atoms with Crippen LogP contribution >= 0.6 is 0 Å². The number of hydrogen-bond acceptors (Lipinski definition) is 5. The summed E-state index contributed by atoms with van der Waals surface area (Å²) in [5.41, 5.74) is 0.728. The Bertz CT molecular complexity index is 883. The first kappa shape index (κ1) is 19.5. The molecule has 6 heteroatoms. The number of amides is 1. The molecule has 3 heterocycles. The third kappa shape index (κ3) is 3.10. The minimum Gasteiger partial charge on any atom is -0.384 e. The first-order chi connectivity index (χ1) is 14.6. The van der Waals surface area contributed by atoms with Crippen LogP contribution < -0.4 is 10.2 Å². The fourth-order valence-electron chi connectivity index (χ4n) is 5.84. The van der Waals surface area contributed by atoms with E-state index in [1.54, 1.807) is 12.4 Å². The number of nitrogens with zero attached hydrogens (tertiary/aromatic N) is 3. The predicted molar refractivity (Wildman–Crippen MR) is 116 cm³/mol. The molecule has 0 radical (unpaired) electrons. The summed E-state index contributed by atoms with van der Waals surface area (Å²) in [7, 11) is 0. The SMILES string of the molecule is O=C1NCN(c2ccccc2)C12CCN([C@@H]1CCCC[C@]1(O)c1ccncc1)CC2. The lowest BCUT2D eigenvalue weighted by Gasteiger charge is -2.51. The number of aliphatic hydroxyl groups is 1. The van der Waals surface area contributed by atoms with Crippen LogP contribution in [0.5, 0.6) is 0 Å². The number of likely N-dealkylation sites (tertiary alicyclic amines) is 1. The normalized spacial score (nSPS) is 29.2. The van der Waals surface area contributed by atoms with Crippen molar-refractivity contribution in [3.63, 3.8) is 0 Å². The molecule has 2 N–H and O–H groups in total. The molecule has 1 aromatic carbocycles. The van der Waals surface area contributed by atoms with Gasteiger partial charge in [0, 0.05) is 37.2 Å². The highest BCUT2D eigenvalue weighted by atomic mass is 16.3. The highest BCUT2D eigenvalue weighted by Crippen LogP contribution is 2.43. The number of hydrogen-bond donors (Lipinski definition) is 2. The molecule has 3 fully saturated rings. The average molecular weight is 407 g/mol. The van der Waals surface area contributed by atoms with E-state index >= 15 is 0 Å². The molecule has 1 saturated carbocycles. The van der Waals surface area contributed by atoms with E-state index in [1.165, 1.54) is 0 Å². The van der Waals surface area contributed by atoms with Gasteiger partial charge in [0.05, 0.1) is 6.67 Å². The molecule has 1 aliphatic carbocycles. The molecule has 6 nitrogen and oxygen atoms in total. The Balaban J connectivity index is 1.38. The number of carbonyl (C=O) groups is 1. The molecule has 1 spiro atoms. The molecule has 1 aromatic heterocycles. The molecule has 0 unspecified atom stereocenters. The number of benzene rings is 1. The minimum absolute atomic E-state index is 0.0839.